The van der Waals surface area contributed by atoms with Gasteiger partial charge in [0.05, 0.1) is 21.3 Å². The Labute approximate surface area is 226 Å². The molecule has 0 aromatic heterocycles. The van der Waals surface area contributed by atoms with Gasteiger partial charge in [0.2, 0.25) is 0 Å². The maximum absolute atomic E-state index is 13.7. The normalized spacial score (nSPS) is 20.1. The smallest absolute Gasteiger partial charge is 0.194 e. The summed E-state index contributed by atoms with van der Waals surface area (Å²) in [6, 6.07) is 32.3. The molecule has 188 valence electrons. The van der Waals surface area contributed by atoms with Crippen LogP contribution in [0.2, 0.25) is 19.6 Å². The van der Waals surface area contributed by atoms with E-state index in [0.29, 0.717) is 13.2 Å². The highest BCUT2D eigenvalue weighted by molar-refractivity contribution is 6.90. The predicted octanol–water partition coefficient (Wildman–Crippen LogP) is 7.37. The number of hydrogen-bond acceptors (Lipinski definition) is 2. The van der Waals surface area contributed by atoms with E-state index < -0.39 is 8.07 Å². The Kier molecular flexibility index (Phi) is 5.27. The van der Waals surface area contributed by atoms with E-state index in [0.717, 1.165) is 28.7 Å². The Morgan fingerprint density at radius 3 is 2.05 bits per heavy atom. The van der Waals surface area contributed by atoms with E-state index in [1.54, 1.807) is 0 Å². The van der Waals surface area contributed by atoms with Gasteiger partial charge in [0, 0.05) is 22.5 Å². The molecule has 1 unspecified atom stereocenters. The summed E-state index contributed by atoms with van der Waals surface area (Å²) in [5, 5.41) is 1.29. The van der Waals surface area contributed by atoms with E-state index in [1.165, 1.54) is 33.0 Å². The van der Waals surface area contributed by atoms with Crippen molar-refractivity contribution in [3.63, 3.8) is 0 Å². The molecule has 2 nitrogen and oxygen atoms in total. The van der Waals surface area contributed by atoms with Crippen LogP contribution in [0.15, 0.2) is 103 Å². The van der Waals surface area contributed by atoms with Crippen LogP contribution in [-0.4, -0.2) is 20.5 Å². The molecule has 4 aromatic rings. The largest absolute Gasteiger partial charge is 0.376 e. The van der Waals surface area contributed by atoms with E-state index >= 15 is 0 Å². The molecule has 2 aliphatic carbocycles. The zero-order chi connectivity index (χ0) is 26.1. The minimum Gasteiger partial charge on any atom is -0.376 e. The van der Waals surface area contributed by atoms with Crippen molar-refractivity contribution in [1.29, 1.82) is 0 Å². The van der Waals surface area contributed by atoms with Crippen LogP contribution in [-0.2, 0) is 16.8 Å². The number of ketones is 1. The van der Waals surface area contributed by atoms with Gasteiger partial charge >= 0.3 is 0 Å². The third kappa shape index (κ3) is 3.45. The fraction of sp³-hybridized carbons (Fsp3) is 0.229. The molecule has 38 heavy (non-hydrogen) atoms. The standard InChI is InChI=1S/C35H32O2Si/c1-38(2,3)34-31-22-37-21-23(29(31)19-30-27-16-10-11-17-28(27)33(36)32(30)34)18-26-20-35(26,24-12-6-4-7-13-24)25-14-8-5-9-15-25/h4-19,23H,20-22H2,1-3H3/b26-18+. The van der Waals surface area contributed by atoms with Crippen molar-refractivity contribution in [2.75, 3.05) is 6.61 Å². The lowest BCUT2D eigenvalue weighted by atomic mass is 9.84. The van der Waals surface area contributed by atoms with E-state index in [9.17, 15) is 4.79 Å². The van der Waals surface area contributed by atoms with Gasteiger partial charge < -0.3 is 4.74 Å². The number of hydrogen-bond donors (Lipinski definition) is 0. The van der Waals surface area contributed by atoms with Crippen LogP contribution in [0.5, 0.6) is 0 Å². The van der Waals surface area contributed by atoms with Gasteiger partial charge in [-0.25, -0.2) is 0 Å². The second-order valence-corrected chi connectivity index (χ2v) is 17.0. The molecule has 0 N–H and O–H groups in total. The van der Waals surface area contributed by atoms with Crippen LogP contribution in [0.3, 0.4) is 0 Å². The topological polar surface area (TPSA) is 26.3 Å². The third-order valence-electron chi connectivity index (χ3n) is 8.67. The Morgan fingerprint density at radius 2 is 1.42 bits per heavy atom. The first-order valence-electron chi connectivity index (χ1n) is 13.6. The number of benzene rings is 4. The molecule has 0 spiro atoms. The average Bonchev–Trinajstić information content (AvgIpc) is 3.60. The van der Waals surface area contributed by atoms with Gasteiger partial charge in [-0.2, -0.15) is 0 Å². The maximum Gasteiger partial charge on any atom is 0.194 e. The lowest BCUT2D eigenvalue weighted by Gasteiger charge is -2.32. The summed E-state index contributed by atoms with van der Waals surface area (Å²) in [4.78, 5) is 13.7. The summed E-state index contributed by atoms with van der Waals surface area (Å²) < 4.78 is 6.29. The molecule has 0 bridgehead atoms. The molecule has 1 fully saturated rings. The van der Waals surface area contributed by atoms with Crippen LogP contribution >= 0.6 is 0 Å². The average molecular weight is 513 g/mol. The Morgan fingerprint density at radius 1 is 0.816 bits per heavy atom. The van der Waals surface area contributed by atoms with Gasteiger partial charge in [0.1, 0.15) is 0 Å². The number of carbonyl (C=O) groups excluding carboxylic acids is 1. The highest BCUT2D eigenvalue weighted by atomic mass is 28.3. The second kappa shape index (κ2) is 8.49. The Balaban J connectivity index is 1.40. The Bertz CT molecular complexity index is 1570. The van der Waals surface area contributed by atoms with Crippen molar-refractivity contribution in [2.45, 2.75) is 44.0 Å². The van der Waals surface area contributed by atoms with E-state index in [1.807, 2.05) is 12.1 Å². The molecule has 7 rings (SSSR count). The zero-order valence-corrected chi connectivity index (χ0v) is 23.3. The molecule has 1 saturated carbocycles. The van der Waals surface area contributed by atoms with Gasteiger partial charge in [-0.3, -0.25) is 4.79 Å². The molecule has 3 aliphatic rings. The highest BCUT2D eigenvalue weighted by Gasteiger charge is 2.51. The number of rotatable bonds is 4. The van der Waals surface area contributed by atoms with Crippen molar-refractivity contribution in [3.8, 4) is 11.1 Å². The minimum absolute atomic E-state index is 0.0684. The zero-order valence-electron chi connectivity index (χ0n) is 22.3. The van der Waals surface area contributed by atoms with Gasteiger partial charge in [0.25, 0.3) is 0 Å². The molecule has 0 radical (unpaired) electrons. The number of carbonyl (C=O) groups is 1. The fourth-order valence-corrected chi connectivity index (χ4v) is 9.07. The summed E-state index contributed by atoms with van der Waals surface area (Å²) >= 11 is 0. The lowest BCUT2D eigenvalue weighted by Crippen LogP contribution is -2.45. The van der Waals surface area contributed by atoms with E-state index in [-0.39, 0.29) is 17.1 Å². The van der Waals surface area contributed by atoms with Crippen LogP contribution in [0, 0.1) is 0 Å². The van der Waals surface area contributed by atoms with Crippen molar-refractivity contribution in [2.24, 2.45) is 0 Å². The maximum atomic E-state index is 13.7. The summed E-state index contributed by atoms with van der Waals surface area (Å²) in [6.45, 7) is 8.34. The molecule has 3 heteroatoms. The van der Waals surface area contributed by atoms with E-state index in [2.05, 4.69) is 105 Å². The van der Waals surface area contributed by atoms with Crippen molar-refractivity contribution >= 4 is 19.0 Å². The highest BCUT2D eigenvalue weighted by Crippen LogP contribution is 2.59. The predicted molar refractivity (Wildman–Crippen MR) is 157 cm³/mol. The van der Waals surface area contributed by atoms with Gasteiger partial charge in [-0.1, -0.05) is 116 Å². The van der Waals surface area contributed by atoms with Crippen LogP contribution in [0.25, 0.3) is 11.1 Å². The van der Waals surface area contributed by atoms with Crippen LogP contribution in [0.1, 0.15) is 50.5 Å². The van der Waals surface area contributed by atoms with E-state index in [4.69, 9.17) is 4.74 Å². The summed E-state index contributed by atoms with van der Waals surface area (Å²) in [5.74, 6) is 0.358. The van der Waals surface area contributed by atoms with Crippen molar-refractivity contribution < 1.29 is 9.53 Å². The lowest BCUT2D eigenvalue weighted by molar-refractivity contribution is 0.101. The monoisotopic (exact) mass is 512 g/mol. The molecule has 1 heterocycles. The SMILES string of the molecule is C[Si](C)(C)c1c2c(cc3c1C(=O)c1ccccc1-3)C(/C=C1\CC1(c1ccccc1)c1ccccc1)COC2. The second-order valence-electron chi connectivity index (χ2n) is 12.0. The molecular formula is C35H32O2Si. The molecular weight excluding hydrogens is 480 g/mol. The van der Waals surface area contributed by atoms with Crippen LogP contribution < -0.4 is 5.19 Å². The molecule has 1 atom stereocenters. The first-order valence-corrected chi connectivity index (χ1v) is 17.1. The summed E-state index contributed by atoms with van der Waals surface area (Å²) in [5.41, 5.74) is 10.7. The third-order valence-corrected chi connectivity index (χ3v) is 10.7. The molecule has 4 aromatic carbocycles. The van der Waals surface area contributed by atoms with Gasteiger partial charge in [-0.15, -0.1) is 0 Å². The fourth-order valence-electron chi connectivity index (χ4n) is 6.95. The van der Waals surface area contributed by atoms with Gasteiger partial charge in [-0.05, 0) is 51.1 Å². The Hall–Kier alpha value is -3.53. The first kappa shape index (κ1) is 23.6. The molecule has 1 aliphatic heterocycles. The molecule has 0 amide bonds. The quantitative estimate of drug-likeness (QED) is 0.186. The first-order chi connectivity index (χ1) is 18.4. The number of allylic oxidation sites excluding steroid dienone is 1. The summed E-state index contributed by atoms with van der Waals surface area (Å²) in [6.07, 6.45) is 3.51. The van der Waals surface area contributed by atoms with Crippen molar-refractivity contribution in [1.82, 2.24) is 0 Å². The van der Waals surface area contributed by atoms with Gasteiger partial charge in [0.15, 0.2) is 5.78 Å². The number of ether oxygens (including phenoxy) is 1. The van der Waals surface area contributed by atoms with Crippen LogP contribution in [0.4, 0.5) is 0 Å². The molecule has 0 saturated heterocycles. The minimum atomic E-state index is -1.86. The van der Waals surface area contributed by atoms with Crippen molar-refractivity contribution in [3.05, 3.63) is 136 Å². The number of fused-ring (bicyclic) bond motifs is 4. The summed E-state index contributed by atoms with van der Waals surface area (Å²) in [7, 11) is -1.86.